The van der Waals surface area contributed by atoms with Crippen LogP contribution >= 0.6 is 0 Å². The van der Waals surface area contributed by atoms with Crippen LogP contribution in [-0.4, -0.2) is 18.4 Å². The Kier molecular flexibility index (Phi) is 7.25. The van der Waals surface area contributed by atoms with Crippen molar-refractivity contribution in [3.05, 3.63) is 48.0 Å². The van der Waals surface area contributed by atoms with E-state index < -0.39 is 0 Å². The minimum absolute atomic E-state index is 0.0670. The van der Waals surface area contributed by atoms with Crippen LogP contribution in [0.15, 0.2) is 42.5 Å². The molecule has 0 radical (unpaired) electrons. The van der Waals surface area contributed by atoms with Crippen LogP contribution in [-0.2, 0) is 20.7 Å². The standard InChI is InChI=1S/C16H20O3/c1-2-19-16(18)13-12-15(17)11-7-6-10-14-8-4-3-5-9-14/h3-9H,2,10-13H2,1H3/b7-6+. The number of carbonyl (C=O) groups excluding carboxylic acids is 2. The molecule has 3 nitrogen and oxygen atoms in total. The molecule has 19 heavy (non-hydrogen) atoms. The highest BCUT2D eigenvalue weighted by molar-refractivity contribution is 5.83. The molecule has 0 aliphatic carbocycles. The number of ether oxygens (including phenoxy) is 1. The molecule has 0 amide bonds. The molecule has 0 saturated carbocycles. The average molecular weight is 260 g/mol. The normalized spacial score (nSPS) is 10.6. The van der Waals surface area contributed by atoms with Crippen LogP contribution < -0.4 is 0 Å². The Labute approximate surface area is 114 Å². The monoisotopic (exact) mass is 260 g/mol. The van der Waals surface area contributed by atoms with Gasteiger partial charge in [-0.2, -0.15) is 0 Å². The summed E-state index contributed by atoms with van der Waals surface area (Å²) < 4.78 is 4.77. The van der Waals surface area contributed by atoms with Gasteiger partial charge in [0.2, 0.25) is 0 Å². The Hall–Kier alpha value is -1.90. The molecule has 0 spiro atoms. The van der Waals surface area contributed by atoms with E-state index >= 15 is 0 Å². The van der Waals surface area contributed by atoms with E-state index in [1.54, 1.807) is 6.92 Å². The van der Waals surface area contributed by atoms with Gasteiger partial charge < -0.3 is 4.74 Å². The zero-order chi connectivity index (χ0) is 13.9. The fraction of sp³-hybridized carbons (Fsp3) is 0.375. The summed E-state index contributed by atoms with van der Waals surface area (Å²) in [5, 5.41) is 0. The number of esters is 1. The third-order valence-corrected chi connectivity index (χ3v) is 2.62. The highest BCUT2D eigenvalue weighted by atomic mass is 16.5. The van der Waals surface area contributed by atoms with Gasteiger partial charge in [0.15, 0.2) is 0 Å². The first-order chi connectivity index (χ1) is 9.22. The predicted octanol–water partition coefficient (Wildman–Crippen LogP) is 3.09. The number of carbonyl (C=O) groups is 2. The van der Waals surface area contributed by atoms with E-state index in [0.717, 1.165) is 6.42 Å². The molecule has 0 saturated heterocycles. The lowest BCUT2D eigenvalue weighted by atomic mass is 10.1. The maximum absolute atomic E-state index is 11.5. The molecule has 0 heterocycles. The number of hydrogen-bond donors (Lipinski definition) is 0. The van der Waals surface area contributed by atoms with Gasteiger partial charge in [-0.3, -0.25) is 9.59 Å². The maximum Gasteiger partial charge on any atom is 0.306 e. The molecule has 1 aromatic carbocycles. The molecule has 0 unspecified atom stereocenters. The number of benzene rings is 1. The molecule has 0 aliphatic heterocycles. The Morgan fingerprint density at radius 2 is 1.84 bits per heavy atom. The van der Waals surface area contributed by atoms with E-state index in [1.165, 1.54) is 5.56 Å². The summed E-state index contributed by atoms with van der Waals surface area (Å²) in [7, 11) is 0. The largest absolute Gasteiger partial charge is 0.466 e. The Morgan fingerprint density at radius 1 is 1.11 bits per heavy atom. The van der Waals surface area contributed by atoms with Crippen molar-refractivity contribution in [1.29, 1.82) is 0 Å². The summed E-state index contributed by atoms with van der Waals surface area (Å²) in [4.78, 5) is 22.6. The lowest BCUT2D eigenvalue weighted by molar-refractivity contribution is -0.144. The van der Waals surface area contributed by atoms with Gasteiger partial charge in [-0.05, 0) is 18.9 Å². The lowest BCUT2D eigenvalue weighted by Crippen LogP contribution is -2.07. The van der Waals surface area contributed by atoms with Gasteiger partial charge in [0.25, 0.3) is 0 Å². The number of rotatable bonds is 8. The van der Waals surface area contributed by atoms with E-state index in [0.29, 0.717) is 13.0 Å². The van der Waals surface area contributed by atoms with Crippen molar-refractivity contribution >= 4 is 11.8 Å². The topological polar surface area (TPSA) is 43.4 Å². The highest BCUT2D eigenvalue weighted by Crippen LogP contribution is 2.02. The van der Waals surface area contributed by atoms with Gasteiger partial charge in [-0.1, -0.05) is 42.5 Å². The summed E-state index contributed by atoms with van der Waals surface area (Å²) in [5.74, 6) is -0.235. The van der Waals surface area contributed by atoms with Crippen LogP contribution in [0.3, 0.4) is 0 Å². The summed E-state index contributed by atoms with van der Waals surface area (Å²) in [6, 6.07) is 10.1. The molecular formula is C16H20O3. The summed E-state index contributed by atoms with van der Waals surface area (Å²) in [5.41, 5.74) is 1.22. The lowest BCUT2D eigenvalue weighted by Gasteiger charge is -1.99. The number of Topliss-reactive ketones (excluding diaryl/α,β-unsaturated/α-hetero) is 1. The first-order valence-electron chi connectivity index (χ1n) is 6.58. The SMILES string of the molecule is CCOC(=O)CCC(=O)C/C=C/Cc1ccccc1. The van der Waals surface area contributed by atoms with Gasteiger partial charge in [0, 0.05) is 12.8 Å². The third kappa shape index (κ3) is 7.19. The molecule has 1 rings (SSSR count). The van der Waals surface area contributed by atoms with Gasteiger partial charge in [0.1, 0.15) is 5.78 Å². The molecule has 0 fully saturated rings. The van der Waals surface area contributed by atoms with Crippen molar-refractivity contribution in [3.8, 4) is 0 Å². The van der Waals surface area contributed by atoms with E-state index in [-0.39, 0.29) is 24.6 Å². The first kappa shape index (κ1) is 15.2. The predicted molar refractivity (Wildman–Crippen MR) is 74.8 cm³/mol. The number of allylic oxidation sites excluding steroid dienone is 2. The van der Waals surface area contributed by atoms with Crippen molar-refractivity contribution < 1.29 is 14.3 Å². The van der Waals surface area contributed by atoms with Crippen molar-refractivity contribution in [3.63, 3.8) is 0 Å². The Morgan fingerprint density at radius 3 is 2.53 bits per heavy atom. The van der Waals surface area contributed by atoms with Crippen LogP contribution in [0.4, 0.5) is 0 Å². The van der Waals surface area contributed by atoms with Crippen LogP contribution in [0.25, 0.3) is 0 Å². The highest BCUT2D eigenvalue weighted by Gasteiger charge is 2.05. The quantitative estimate of drug-likeness (QED) is 0.533. The molecule has 0 aromatic heterocycles. The number of hydrogen-bond acceptors (Lipinski definition) is 3. The molecule has 0 atom stereocenters. The molecule has 3 heteroatoms. The zero-order valence-corrected chi connectivity index (χ0v) is 11.3. The smallest absolute Gasteiger partial charge is 0.306 e. The van der Waals surface area contributed by atoms with E-state index in [9.17, 15) is 9.59 Å². The second-order valence-corrected chi connectivity index (χ2v) is 4.21. The van der Waals surface area contributed by atoms with Crippen LogP contribution in [0.2, 0.25) is 0 Å². The second kappa shape index (κ2) is 9.09. The van der Waals surface area contributed by atoms with Crippen LogP contribution in [0.5, 0.6) is 0 Å². The second-order valence-electron chi connectivity index (χ2n) is 4.21. The fourth-order valence-corrected chi connectivity index (χ4v) is 1.62. The van der Waals surface area contributed by atoms with Gasteiger partial charge >= 0.3 is 5.97 Å². The van der Waals surface area contributed by atoms with Gasteiger partial charge in [-0.25, -0.2) is 0 Å². The fourth-order valence-electron chi connectivity index (χ4n) is 1.62. The van der Waals surface area contributed by atoms with E-state index in [1.807, 2.05) is 42.5 Å². The van der Waals surface area contributed by atoms with Gasteiger partial charge in [0.05, 0.1) is 13.0 Å². The number of ketones is 1. The Balaban J connectivity index is 2.18. The molecular weight excluding hydrogens is 240 g/mol. The summed E-state index contributed by atoms with van der Waals surface area (Å²) in [6.45, 7) is 2.12. The van der Waals surface area contributed by atoms with Crippen LogP contribution in [0.1, 0.15) is 31.7 Å². The van der Waals surface area contributed by atoms with Crippen LogP contribution in [0, 0.1) is 0 Å². The Bertz CT molecular complexity index is 421. The minimum Gasteiger partial charge on any atom is -0.466 e. The maximum atomic E-state index is 11.5. The van der Waals surface area contributed by atoms with Crippen molar-refractivity contribution in [2.24, 2.45) is 0 Å². The molecule has 0 bridgehead atoms. The average Bonchev–Trinajstić information content (AvgIpc) is 2.43. The summed E-state index contributed by atoms with van der Waals surface area (Å²) in [6.07, 6.45) is 5.49. The summed E-state index contributed by atoms with van der Waals surface area (Å²) >= 11 is 0. The molecule has 0 aliphatic rings. The first-order valence-corrected chi connectivity index (χ1v) is 6.58. The third-order valence-electron chi connectivity index (χ3n) is 2.62. The zero-order valence-electron chi connectivity index (χ0n) is 11.3. The van der Waals surface area contributed by atoms with Crippen molar-refractivity contribution in [2.75, 3.05) is 6.61 Å². The van der Waals surface area contributed by atoms with Crippen molar-refractivity contribution in [1.82, 2.24) is 0 Å². The van der Waals surface area contributed by atoms with Gasteiger partial charge in [-0.15, -0.1) is 0 Å². The molecule has 1 aromatic rings. The molecule has 102 valence electrons. The van der Waals surface area contributed by atoms with E-state index in [4.69, 9.17) is 4.74 Å². The van der Waals surface area contributed by atoms with Crippen molar-refractivity contribution in [2.45, 2.75) is 32.6 Å². The minimum atomic E-state index is -0.302. The molecule has 0 N–H and O–H groups in total. The van der Waals surface area contributed by atoms with E-state index in [2.05, 4.69) is 0 Å².